The molecule has 0 amide bonds. The minimum atomic E-state index is 0.447. The zero-order valence-electron chi connectivity index (χ0n) is 5.59. The predicted molar refractivity (Wildman–Crippen MR) is 40.2 cm³/mol. The van der Waals surface area contributed by atoms with E-state index in [-0.39, 0.29) is 0 Å². The molecule has 1 rings (SSSR count). The summed E-state index contributed by atoms with van der Waals surface area (Å²) < 4.78 is 0. The number of rotatable bonds is 2. The van der Waals surface area contributed by atoms with E-state index in [1.807, 2.05) is 0 Å². The molecule has 0 bridgehead atoms. The maximum atomic E-state index is 5.47. The second-order valence-corrected chi connectivity index (χ2v) is 2.04. The molecule has 0 atom stereocenters. The van der Waals surface area contributed by atoms with Crippen molar-refractivity contribution in [1.29, 1.82) is 0 Å². The second kappa shape index (κ2) is 2.57. The molecule has 0 fully saturated rings. The fraction of sp³-hybridized carbons (Fsp3) is 0.400. The first-order valence-corrected chi connectivity index (χ1v) is 3.04. The van der Waals surface area contributed by atoms with Gasteiger partial charge in [0.15, 0.2) is 5.82 Å². The van der Waals surface area contributed by atoms with E-state index < -0.39 is 0 Å². The molecule has 0 saturated carbocycles. The highest BCUT2D eigenvalue weighted by Gasteiger charge is 2.04. The molecule has 0 unspecified atom stereocenters. The van der Waals surface area contributed by atoms with Crippen LogP contribution in [-0.4, -0.2) is 16.7 Å². The first-order chi connectivity index (χ1) is 4.75. The lowest BCUT2D eigenvalue weighted by Crippen LogP contribution is -2.05. The van der Waals surface area contributed by atoms with Crippen molar-refractivity contribution in [3.05, 3.63) is 5.56 Å². The van der Waals surface area contributed by atoms with Crippen LogP contribution in [0.3, 0.4) is 0 Å². The zero-order chi connectivity index (χ0) is 7.56. The van der Waals surface area contributed by atoms with Crippen molar-refractivity contribution in [2.24, 2.45) is 5.73 Å². The number of hydrogen-bond acceptors (Lipinski definition) is 4. The van der Waals surface area contributed by atoms with Crippen molar-refractivity contribution >= 4 is 11.6 Å². The summed E-state index contributed by atoms with van der Waals surface area (Å²) in [4.78, 5) is 0. The molecule has 7 N–H and O–H groups in total. The maximum Gasteiger partial charge on any atom is 0.150 e. The lowest BCUT2D eigenvalue weighted by atomic mass is 10.2. The quantitative estimate of drug-likeness (QED) is 0.427. The number of aromatic nitrogens is 2. The Labute approximate surface area is 58.6 Å². The van der Waals surface area contributed by atoms with Crippen LogP contribution in [0.4, 0.5) is 11.6 Å². The molecule has 0 aliphatic carbocycles. The fourth-order valence-corrected chi connectivity index (χ4v) is 0.800. The summed E-state index contributed by atoms with van der Waals surface area (Å²) in [5.74, 6) is 0.964. The van der Waals surface area contributed by atoms with Gasteiger partial charge in [0, 0.05) is 5.56 Å². The van der Waals surface area contributed by atoms with E-state index in [0.717, 1.165) is 5.56 Å². The summed E-state index contributed by atoms with van der Waals surface area (Å²) in [6, 6.07) is 0. The molecule has 56 valence electrons. The monoisotopic (exact) mass is 141 g/mol. The summed E-state index contributed by atoms with van der Waals surface area (Å²) in [5, 5.41) is 6.28. The van der Waals surface area contributed by atoms with Crippen LogP contribution < -0.4 is 17.2 Å². The van der Waals surface area contributed by atoms with E-state index in [0.29, 0.717) is 24.6 Å². The molecular formula is C5H11N5. The summed E-state index contributed by atoms with van der Waals surface area (Å²) in [6.45, 7) is 0.536. The van der Waals surface area contributed by atoms with Crippen LogP contribution in [0, 0.1) is 0 Å². The van der Waals surface area contributed by atoms with Gasteiger partial charge in [0.2, 0.25) is 0 Å². The normalized spacial score (nSPS) is 10.1. The van der Waals surface area contributed by atoms with E-state index in [2.05, 4.69) is 10.2 Å². The molecule has 1 aromatic heterocycles. The number of nitrogens with one attached hydrogen (secondary N) is 1. The van der Waals surface area contributed by atoms with Crippen molar-refractivity contribution in [3.8, 4) is 0 Å². The largest absolute Gasteiger partial charge is 0.384 e. The SMILES string of the molecule is NCCc1c(N)n[nH]c1N. The second-order valence-electron chi connectivity index (χ2n) is 2.04. The van der Waals surface area contributed by atoms with Crippen molar-refractivity contribution < 1.29 is 0 Å². The van der Waals surface area contributed by atoms with E-state index in [4.69, 9.17) is 17.2 Å². The van der Waals surface area contributed by atoms with Crippen molar-refractivity contribution in [3.63, 3.8) is 0 Å². The van der Waals surface area contributed by atoms with Crippen molar-refractivity contribution in [1.82, 2.24) is 10.2 Å². The number of anilines is 2. The molecule has 10 heavy (non-hydrogen) atoms. The van der Waals surface area contributed by atoms with E-state index in [1.165, 1.54) is 0 Å². The smallest absolute Gasteiger partial charge is 0.150 e. The third kappa shape index (κ3) is 1.03. The zero-order valence-corrected chi connectivity index (χ0v) is 5.59. The van der Waals surface area contributed by atoms with Crippen LogP contribution in [0.5, 0.6) is 0 Å². The Morgan fingerprint density at radius 2 is 2.10 bits per heavy atom. The topological polar surface area (TPSA) is 107 Å². The van der Waals surface area contributed by atoms with E-state index >= 15 is 0 Å². The summed E-state index contributed by atoms with van der Waals surface area (Å²) >= 11 is 0. The number of hydrogen-bond donors (Lipinski definition) is 4. The van der Waals surface area contributed by atoms with Crippen LogP contribution in [0.2, 0.25) is 0 Å². The molecule has 1 heterocycles. The molecule has 0 saturated heterocycles. The van der Waals surface area contributed by atoms with E-state index in [1.54, 1.807) is 0 Å². The molecule has 0 aliphatic rings. The standard InChI is InChI=1S/C5H11N5/c6-2-1-3-4(7)9-10-5(3)8/h1-2,6H2,(H5,7,8,9,10). The van der Waals surface area contributed by atoms with Gasteiger partial charge in [-0.05, 0) is 13.0 Å². The van der Waals surface area contributed by atoms with Crippen molar-refractivity contribution in [2.75, 3.05) is 18.0 Å². The number of nitrogens with two attached hydrogens (primary N) is 3. The summed E-state index contributed by atoms with van der Waals surface area (Å²) in [5.41, 5.74) is 17.0. The highest BCUT2D eigenvalue weighted by molar-refractivity contribution is 5.53. The lowest BCUT2D eigenvalue weighted by Gasteiger charge is -1.94. The molecule has 5 nitrogen and oxygen atoms in total. The van der Waals surface area contributed by atoms with Gasteiger partial charge >= 0.3 is 0 Å². The average Bonchev–Trinajstić information content (AvgIpc) is 2.20. The Balaban J connectivity index is 2.87. The molecule has 0 spiro atoms. The number of nitrogens with zero attached hydrogens (tertiary/aromatic N) is 1. The van der Waals surface area contributed by atoms with Crippen LogP contribution in [0.1, 0.15) is 5.56 Å². The lowest BCUT2D eigenvalue weighted by molar-refractivity contribution is 0.975. The Hall–Kier alpha value is -1.23. The minimum Gasteiger partial charge on any atom is -0.384 e. The molecule has 0 radical (unpaired) electrons. The Kier molecular flexibility index (Phi) is 1.77. The fourth-order valence-electron chi connectivity index (χ4n) is 0.800. The van der Waals surface area contributed by atoms with Crippen LogP contribution in [0.25, 0.3) is 0 Å². The minimum absolute atomic E-state index is 0.447. The van der Waals surface area contributed by atoms with Gasteiger partial charge in [0.1, 0.15) is 5.82 Å². The van der Waals surface area contributed by atoms with E-state index in [9.17, 15) is 0 Å². The first-order valence-electron chi connectivity index (χ1n) is 3.04. The van der Waals surface area contributed by atoms with Gasteiger partial charge in [0.05, 0.1) is 0 Å². The molecule has 1 aromatic rings. The van der Waals surface area contributed by atoms with Crippen molar-refractivity contribution in [2.45, 2.75) is 6.42 Å². The summed E-state index contributed by atoms with van der Waals surface area (Å²) in [6.07, 6.45) is 0.675. The highest BCUT2D eigenvalue weighted by atomic mass is 15.2. The van der Waals surface area contributed by atoms with Crippen LogP contribution in [-0.2, 0) is 6.42 Å². The first kappa shape index (κ1) is 6.88. The van der Waals surface area contributed by atoms with Gasteiger partial charge in [-0.3, -0.25) is 5.10 Å². The highest BCUT2D eigenvalue weighted by Crippen LogP contribution is 2.14. The Morgan fingerprint density at radius 3 is 2.50 bits per heavy atom. The van der Waals surface area contributed by atoms with Gasteiger partial charge in [-0.25, -0.2) is 0 Å². The number of aromatic amines is 1. The van der Waals surface area contributed by atoms with Gasteiger partial charge in [0.25, 0.3) is 0 Å². The molecular weight excluding hydrogens is 130 g/mol. The molecule has 0 aliphatic heterocycles. The van der Waals surface area contributed by atoms with Gasteiger partial charge < -0.3 is 17.2 Å². The van der Waals surface area contributed by atoms with Gasteiger partial charge in [-0.15, -0.1) is 0 Å². The molecule has 5 heteroatoms. The number of H-pyrrole nitrogens is 1. The van der Waals surface area contributed by atoms with Crippen LogP contribution in [0.15, 0.2) is 0 Å². The van der Waals surface area contributed by atoms with Gasteiger partial charge in [-0.2, -0.15) is 5.10 Å². The Morgan fingerprint density at radius 1 is 1.40 bits per heavy atom. The number of nitrogen functional groups attached to an aromatic ring is 2. The Bertz CT molecular complexity index is 196. The third-order valence-electron chi connectivity index (χ3n) is 1.33. The molecule has 0 aromatic carbocycles. The predicted octanol–water partition coefficient (Wildman–Crippen LogP) is -0.925. The van der Waals surface area contributed by atoms with Gasteiger partial charge in [-0.1, -0.05) is 0 Å². The average molecular weight is 141 g/mol. The van der Waals surface area contributed by atoms with Crippen LogP contribution >= 0.6 is 0 Å². The summed E-state index contributed by atoms with van der Waals surface area (Å²) in [7, 11) is 0. The third-order valence-corrected chi connectivity index (χ3v) is 1.33. The maximum absolute atomic E-state index is 5.47.